The molecule has 54 heavy (non-hydrogen) atoms. The number of fused-ring (bicyclic) bond motifs is 2. The maximum atomic E-state index is 9.19. The largest absolute Gasteiger partial charge is 0.457 e. The lowest BCUT2D eigenvalue weighted by atomic mass is 9.76. The fraction of sp³-hybridized carbons (Fsp3) is 0.422. The van der Waals surface area contributed by atoms with E-state index in [-0.39, 0.29) is 27.6 Å². The summed E-state index contributed by atoms with van der Waals surface area (Å²) >= 11 is 9.19. The standard InChI is InChI=1S/C45H58ClN4OSi3/c1-41(2,3)47-39(31-23-17-15-18-24-31)48(42(4,5)6)53(47)35-29-21-27-33-37(35)51-38-34(45(33,13)14)28-22-30-36(38)54(52(53)46)49(43(7,8)9)40(50(54)44(10,11)12)32-25-19-16-20-26-32/h15-30H,1-14H3/q+1. The van der Waals surface area contributed by atoms with E-state index in [1.54, 1.807) is 0 Å². The second-order valence-electron chi connectivity index (χ2n) is 20.2. The lowest BCUT2D eigenvalue weighted by Gasteiger charge is -2.69. The van der Waals surface area contributed by atoms with E-state index in [0.717, 1.165) is 11.5 Å². The molecule has 2 atom stereocenters. The molecule has 0 amide bonds. The zero-order chi connectivity index (χ0) is 39.2. The molecule has 0 saturated heterocycles. The second kappa shape index (κ2) is 11.6. The quantitative estimate of drug-likeness (QED) is 0.150. The van der Waals surface area contributed by atoms with Crippen LogP contribution < -0.4 is 15.1 Å². The minimum Gasteiger partial charge on any atom is -0.457 e. The number of hydrogen-bond donors (Lipinski definition) is 0. The van der Waals surface area contributed by atoms with Crippen molar-refractivity contribution in [3.8, 4) is 11.5 Å². The van der Waals surface area contributed by atoms with Crippen LogP contribution in [0.1, 0.15) is 119 Å². The normalized spacial score (nSPS) is 23.6. The molecule has 0 fully saturated rings. The van der Waals surface area contributed by atoms with Gasteiger partial charge in [-0.3, -0.25) is 17.6 Å². The highest BCUT2D eigenvalue weighted by Gasteiger charge is 2.82. The molecule has 2 bridgehead atoms. The molecule has 0 N–H and O–H groups in total. The Morgan fingerprint density at radius 1 is 0.537 bits per heavy atom. The van der Waals surface area contributed by atoms with Crippen molar-refractivity contribution in [3.05, 3.63) is 119 Å². The molecule has 2 spiro atoms. The Morgan fingerprint density at radius 3 is 1.20 bits per heavy atom. The summed E-state index contributed by atoms with van der Waals surface area (Å²) in [7, 11) is -8.34. The molecule has 4 aromatic rings. The van der Waals surface area contributed by atoms with E-state index < -0.39 is 23.0 Å². The van der Waals surface area contributed by atoms with Crippen LogP contribution in [-0.2, 0) is 5.41 Å². The van der Waals surface area contributed by atoms with E-state index in [4.69, 9.17) is 4.74 Å². The fourth-order valence-electron chi connectivity index (χ4n) is 10.3. The molecule has 0 radical (unpaired) electrons. The van der Waals surface area contributed by atoms with Crippen molar-refractivity contribution in [3.63, 3.8) is 0 Å². The summed E-state index contributed by atoms with van der Waals surface area (Å²) in [6.45, 7) is 33.6. The van der Waals surface area contributed by atoms with Gasteiger partial charge in [-0.2, -0.15) is 0 Å². The van der Waals surface area contributed by atoms with E-state index in [0.29, 0.717) is 0 Å². The molecule has 8 rings (SSSR count). The number of halogens is 1. The first kappa shape index (κ1) is 37.5. The lowest BCUT2D eigenvalue weighted by Crippen LogP contribution is -3.02. The second-order valence-corrected chi connectivity index (χ2v) is 38.1. The molecule has 4 aromatic carbocycles. The molecule has 4 heterocycles. The van der Waals surface area contributed by atoms with Gasteiger partial charge >= 0.3 is 15.8 Å². The summed E-state index contributed by atoms with van der Waals surface area (Å²) in [5.41, 5.74) is 3.73. The summed E-state index contributed by atoms with van der Waals surface area (Å²) in [5, 5.41) is 2.65. The molecule has 0 saturated carbocycles. The van der Waals surface area contributed by atoms with Gasteiger partial charge in [0, 0.05) is 26.9 Å². The van der Waals surface area contributed by atoms with Crippen molar-refractivity contribution in [1.29, 1.82) is 0 Å². The number of nitrogens with zero attached hydrogens (tertiary/aromatic N) is 4. The van der Waals surface area contributed by atoms with Crippen LogP contribution in [-0.4, -0.2) is 74.4 Å². The summed E-state index contributed by atoms with van der Waals surface area (Å²) in [6.07, 6.45) is 0. The van der Waals surface area contributed by atoms with Gasteiger partial charge in [0.05, 0.1) is 40.4 Å². The molecule has 0 unspecified atom stereocenters. The van der Waals surface area contributed by atoms with E-state index in [2.05, 4.69) is 212 Å². The first-order valence-corrected chi connectivity index (χ1v) is 27.9. The van der Waals surface area contributed by atoms with Gasteiger partial charge in [0.1, 0.15) is 11.5 Å². The van der Waals surface area contributed by atoms with Crippen LogP contribution in [0.2, 0.25) is 0 Å². The van der Waals surface area contributed by atoms with Gasteiger partial charge < -0.3 is 15.8 Å². The summed E-state index contributed by atoms with van der Waals surface area (Å²) in [4.78, 5) is 0. The number of para-hydroxylation sites is 2. The predicted octanol–water partition coefficient (Wildman–Crippen LogP) is 8.56. The lowest BCUT2D eigenvalue weighted by molar-refractivity contribution is -0.514. The van der Waals surface area contributed by atoms with Gasteiger partial charge in [-0.15, -0.1) is 0 Å². The zero-order valence-electron chi connectivity index (χ0n) is 34.8. The van der Waals surface area contributed by atoms with Crippen molar-refractivity contribution in [2.24, 2.45) is 0 Å². The molecule has 0 aromatic heterocycles. The van der Waals surface area contributed by atoms with Crippen LogP contribution in [0.4, 0.5) is 0 Å². The topological polar surface area (TPSA) is 21.7 Å². The molecular weight excluding hydrogens is 732 g/mol. The van der Waals surface area contributed by atoms with Crippen molar-refractivity contribution in [2.45, 2.75) is 125 Å². The van der Waals surface area contributed by atoms with E-state index in [1.165, 1.54) is 44.3 Å². The highest BCUT2D eigenvalue weighted by Crippen LogP contribution is 2.55. The van der Waals surface area contributed by atoms with Crippen molar-refractivity contribution < 1.29 is 13.2 Å². The summed E-state index contributed by atoms with van der Waals surface area (Å²) < 4.78 is 19.1. The maximum absolute atomic E-state index is 9.19. The molecular formula is C45H58ClN4OSi3+. The van der Waals surface area contributed by atoms with Crippen molar-refractivity contribution >= 4 is 56.1 Å². The van der Waals surface area contributed by atoms with Crippen molar-refractivity contribution in [2.75, 3.05) is 0 Å². The predicted molar refractivity (Wildman–Crippen MR) is 232 cm³/mol. The average Bonchev–Trinajstić information content (AvgIpc) is 3.02. The van der Waals surface area contributed by atoms with Gasteiger partial charge in [-0.1, -0.05) is 86.6 Å². The van der Waals surface area contributed by atoms with Crippen LogP contribution in [0.15, 0.2) is 97.1 Å². The van der Waals surface area contributed by atoms with Gasteiger partial charge in [0.2, 0.25) is 0 Å². The highest BCUT2D eigenvalue weighted by atomic mass is 35.6. The van der Waals surface area contributed by atoms with Crippen LogP contribution in [0.5, 0.6) is 11.5 Å². The Bertz CT molecular complexity index is 2100. The fourth-order valence-corrected chi connectivity index (χ4v) is 48.2. The van der Waals surface area contributed by atoms with E-state index in [1.807, 2.05) is 0 Å². The number of rotatable bonds is 2. The Morgan fingerprint density at radius 2 is 0.889 bits per heavy atom. The molecule has 4 aliphatic heterocycles. The van der Waals surface area contributed by atoms with E-state index in [9.17, 15) is 11.1 Å². The molecule has 282 valence electrons. The minimum absolute atomic E-state index is 0.245. The molecule has 0 aliphatic carbocycles. The zero-order valence-corrected chi connectivity index (χ0v) is 38.6. The van der Waals surface area contributed by atoms with Gasteiger partial charge in [-0.25, -0.2) is 0 Å². The third kappa shape index (κ3) is 4.72. The number of hydrogen-bond acceptors (Lipinski definition) is 3. The molecule has 5 nitrogen and oxygen atoms in total. The smallest absolute Gasteiger partial charge is 0.352 e. The third-order valence-corrected chi connectivity index (χ3v) is 40.5. The van der Waals surface area contributed by atoms with Gasteiger partial charge in [-0.05, 0) is 107 Å². The number of amidine groups is 2. The van der Waals surface area contributed by atoms with Crippen LogP contribution in [0.25, 0.3) is 0 Å². The van der Waals surface area contributed by atoms with Crippen LogP contribution in [0, 0.1) is 0 Å². The Balaban J connectivity index is 1.65. The van der Waals surface area contributed by atoms with Gasteiger partial charge in [0.15, 0.2) is 0 Å². The Hall–Kier alpha value is -3.44. The number of ether oxygens (including phenoxy) is 1. The Labute approximate surface area is 332 Å². The minimum atomic E-state index is -3.19. The summed E-state index contributed by atoms with van der Waals surface area (Å²) in [5.74, 6) is 4.64. The first-order chi connectivity index (χ1) is 25.0. The van der Waals surface area contributed by atoms with Gasteiger partial charge in [0.25, 0.3) is 11.7 Å². The van der Waals surface area contributed by atoms with Crippen LogP contribution >= 0.6 is 11.1 Å². The highest BCUT2D eigenvalue weighted by molar-refractivity contribution is 7.76. The molecule has 9 heteroatoms. The Kier molecular flexibility index (Phi) is 8.02. The number of benzene rings is 4. The summed E-state index contributed by atoms with van der Waals surface area (Å²) in [6, 6.07) is 36.2. The SMILES string of the molecule is CC1(C)c2cccc3c2Oc2c1cccc2[Si@]1(N(C(C)(C)C)C(c2ccccc2)=[N+]1C(C)(C)C)[Si-](Cl)[Si@]31N(C(C)(C)C)C(c2ccccc2)=[N+]1C(C)(C)C. The van der Waals surface area contributed by atoms with E-state index >= 15 is 0 Å². The third-order valence-electron chi connectivity index (χ3n) is 11.8. The molecule has 4 aliphatic rings. The monoisotopic (exact) mass is 789 g/mol. The maximum Gasteiger partial charge on any atom is 0.352 e. The first-order valence-electron chi connectivity index (χ1n) is 19.6. The average molecular weight is 791 g/mol. The van der Waals surface area contributed by atoms with Crippen LogP contribution in [0.3, 0.4) is 0 Å². The van der Waals surface area contributed by atoms with Crippen molar-refractivity contribution in [1.82, 2.24) is 9.13 Å².